The molecule has 0 N–H and O–H groups in total. The van der Waals surface area contributed by atoms with Gasteiger partial charge in [0.15, 0.2) is 17.5 Å². The zero-order chi connectivity index (χ0) is 28.6. The molecule has 0 aliphatic rings. The molecule has 5 heteroatoms. The molecule has 5 nitrogen and oxygen atoms in total. The Hall–Kier alpha value is -5.94. The van der Waals surface area contributed by atoms with Crippen LogP contribution in [0.3, 0.4) is 0 Å². The lowest BCUT2D eigenvalue weighted by Crippen LogP contribution is -2.00. The SMILES string of the molecule is c1ccc(-c2nc(-c3ccccc3)nc(-c3cccc(-c4ccc(-c5cncc6c5oc5ccccc56)cc4)c3)n2)cc1. The summed E-state index contributed by atoms with van der Waals surface area (Å²) in [7, 11) is 0. The van der Waals surface area contributed by atoms with Crippen LogP contribution in [0.25, 0.3) is 78.4 Å². The molecule has 0 aliphatic carbocycles. The van der Waals surface area contributed by atoms with Gasteiger partial charge in [-0.25, -0.2) is 15.0 Å². The highest BCUT2D eigenvalue weighted by Crippen LogP contribution is 2.36. The standard InChI is InChI=1S/C38H24N4O/c1-3-10-27(11-4-1)36-40-37(28-12-5-2-6-13-28)42-38(41-36)30-15-9-14-29(22-30)25-18-20-26(21-19-25)32-23-39-24-33-31-16-7-8-17-34(31)43-35(32)33/h1-24H. The fourth-order valence-corrected chi connectivity index (χ4v) is 5.46. The van der Waals surface area contributed by atoms with Crippen LogP contribution in [0.4, 0.5) is 0 Å². The van der Waals surface area contributed by atoms with E-state index in [0.29, 0.717) is 17.5 Å². The molecule has 3 heterocycles. The number of benzene rings is 5. The van der Waals surface area contributed by atoms with Gasteiger partial charge in [0.1, 0.15) is 11.2 Å². The van der Waals surface area contributed by atoms with Crippen LogP contribution in [-0.4, -0.2) is 19.9 Å². The molecule has 8 aromatic rings. The van der Waals surface area contributed by atoms with Crippen LogP contribution in [0.5, 0.6) is 0 Å². The summed E-state index contributed by atoms with van der Waals surface area (Å²) in [5.74, 6) is 1.92. The second-order valence-corrected chi connectivity index (χ2v) is 10.4. The quantitative estimate of drug-likeness (QED) is 0.213. The Kier molecular flexibility index (Phi) is 6.05. The van der Waals surface area contributed by atoms with E-state index < -0.39 is 0 Å². The summed E-state index contributed by atoms with van der Waals surface area (Å²) in [4.78, 5) is 19.1. The molecule has 5 aromatic carbocycles. The summed E-state index contributed by atoms with van der Waals surface area (Å²) < 4.78 is 6.24. The van der Waals surface area contributed by atoms with Gasteiger partial charge in [-0.05, 0) is 28.8 Å². The average Bonchev–Trinajstić information content (AvgIpc) is 3.48. The fourth-order valence-electron chi connectivity index (χ4n) is 5.46. The monoisotopic (exact) mass is 552 g/mol. The summed E-state index contributed by atoms with van der Waals surface area (Å²) >= 11 is 0. The van der Waals surface area contributed by atoms with Crippen molar-refractivity contribution in [2.24, 2.45) is 0 Å². The molecule has 0 unspecified atom stereocenters. The number of hydrogen-bond acceptors (Lipinski definition) is 5. The number of nitrogens with zero attached hydrogens (tertiary/aromatic N) is 4. The highest BCUT2D eigenvalue weighted by Gasteiger charge is 2.14. The van der Waals surface area contributed by atoms with Gasteiger partial charge >= 0.3 is 0 Å². The molecule has 0 aliphatic heterocycles. The normalized spacial score (nSPS) is 11.3. The zero-order valence-corrected chi connectivity index (χ0v) is 23.1. The zero-order valence-electron chi connectivity index (χ0n) is 23.1. The Balaban J connectivity index is 1.18. The number of rotatable bonds is 5. The van der Waals surface area contributed by atoms with E-state index in [0.717, 1.165) is 60.9 Å². The highest BCUT2D eigenvalue weighted by atomic mass is 16.3. The predicted molar refractivity (Wildman–Crippen MR) is 172 cm³/mol. The first-order valence-corrected chi connectivity index (χ1v) is 14.1. The number of aromatic nitrogens is 4. The Bertz CT molecular complexity index is 2170. The van der Waals surface area contributed by atoms with Crippen molar-refractivity contribution in [2.45, 2.75) is 0 Å². The van der Waals surface area contributed by atoms with Crippen molar-refractivity contribution < 1.29 is 4.42 Å². The van der Waals surface area contributed by atoms with Gasteiger partial charge in [0.2, 0.25) is 0 Å². The average molecular weight is 553 g/mol. The van der Waals surface area contributed by atoms with Crippen molar-refractivity contribution in [1.82, 2.24) is 19.9 Å². The molecular weight excluding hydrogens is 528 g/mol. The molecule has 0 saturated carbocycles. The minimum Gasteiger partial charge on any atom is -0.455 e. The largest absolute Gasteiger partial charge is 0.455 e. The number of hydrogen-bond donors (Lipinski definition) is 0. The summed E-state index contributed by atoms with van der Waals surface area (Å²) in [6.07, 6.45) is 3.74. The van der Waals surface area contributed by atoms with E-state index in [2.05, 4.69) is 47.4 Å². The maximum atomic E-state index is 6.24. The number of fused-ring (bicyclic) bond motifs is 3. The van der Waals surface area contributed by atoms with E-state index in [1.165, 1.54) is 0 Å². The molecule has 0 amide bonds. The smallest absolute Gasteiger partial charge is 0.164 e. The number of furan rings is 1. The summed E-state index contributed by atoms with van der Waals surface area (Å²) in [6.45, 7) is 0. The summed E-state index contributed by atoms with van der Waals surface area (Å²) in [5.41, 5.74) is 8.73. The van der Waals surface area contributed by atoms with Crippen molar-refractivity contribution >= 4 is 21.9 Å². The number of para-hydroxylation sites is 1. The van der Waals surface area contributed by atoms with Crippen molar-refractivity contribution in [3.8, 4) is 56.4 Å². The molecule has 0 atom stereocenters. The van der Waals surface area contributed by atoms with Crippen molar-refractivity contribution in [3.63, 3.8) is 0 Å². The Morgan fingerprint density at radius 2 is 0.953 bits per heavy atom. The maximum Gasteiger partial charge on any atom is 0.164 e. The minimum atomic E-state index is 0.633. The lowest BCUT2D eigenvalue weighted by molar-refractivity contribution is 0.669. The fraction of sp³-hybridized carbons (Fsp3) is 0. The van der Waals surface area contributed by atoms with Gasteiger partial charge in [0.05, 0.1) is 0 Å². The van der Waals surface area contributed by atoms with Crippen LogP contribution in [0.15, 0.2) is 150 Å². The van der Waals surface area contributed by atoms with Crippen LogP contribution in [0.2, 0.25) is 0 Å². The van der Waals surface area contributed by atoms with Crippen molar-refractivity contribution in [1.29, 1.82) is 0 Å². The van der Waals surface area contributed by atoms with E-state index in [1.54, 1.807) is 0 Å². The van der Waals surface area contributed by atoms with Crippen LogP contribution < -0.4 is 0 Å². The first-order valence-electron chi connectivity index (χ1n) is 14.1. The molecule has 0 spiro atoms. The van der Waals surface area contributed by atoms with E-state index in [9.17, 15) is 0 Å². The lowest BCUT2D eigenvalue weighted by atomic mass is 9.99. The van der Waals surface area contributed by atoms with Gasteiger partial charge in [-0.3, -0.25) is 4.98 Å². The summed E-state index contributed by atoms with van der Waals surface area (Å²) in [5, 5.41) is 2.09. The molecule has 0 bridgehead atoms. The lowest BCUT2D eigenvalue weighted by Gasteiger charge is -2.10. The molecule has 0 fully saturated rings. The second kappa shape index (κ2) is 10.5. The molecule has 43 heavy (non-hydrogen) atoms. The van der Waals surface area contributed by atoms with Gasteiger partial charge in [-0.15, -0.1) is 0 Å². The third kappa shape index (κ3) is 4.63. The molecule has 8 rings (SSSR count). The maximum absolute atomic E-state index is 6.24. The molecular formula is C38H24N4O. The van der Waals surface area contributed by atoms with Crippen LogP contribution >= 0.6 is 0 Å². The third-order valence-corrected chi connectivity index (χ3v) is 7.64. The molecule has 202 valence electrons. The van der Waals surface area contributed by atoms with Gasteiger partial charge in [0.25, 0.3) is 0 Å². The highest BCUT2D eigenvalue weighted by molar-refractivity contribution is 6.08. The van der Waals surface area contributed by atoms with E-state index in [4.69, 9.17) is 19.4 Å². The van der Waals surface area contributed by atoms with Crippen LogP contribution in [0.1, 0.15) is 0 Å². The topological polar surface area (TPSA) is 64.7 Å². The van der Waals surface area contributed by atoms with E-state index in [1.807, 2.05) is 103 Å². The van der Waals surface area contributed by atoms with E-state index >= 15 is 0 Å². The van der Waals surface area contributed by atoms with Gasteiger partial charge < -0.3 is 4.42 Å². The van der Waals surface area contributed by atoms with E-state index in [-0.39, 0.29) is 0 Å². The van der Waals surface area contributed by atoms with Gasteiger partial charge in [-0.1, -0.05) is 121 Å². The first-order chi connectivity index (χ1) is 21.3. The third-order valence-electron chi connectivity index (χ3n) is 7.64. The molecule has 3 aromatic heterocycles. The van der Waals surface area contributed by atoms with Crippen LogP contribution in [0, 0.1) is 0 Å². The van der Waals surface area contributed by atoms with Crippen molar-refractivity contribution in [2.75, 3.05) is 0 Å². The molecule has 0 saturated heterocycles. The number of pyridine rings is 1. The minimum absolute atomic E-state index is 0.633. The Morgan fingerprint density at radius 1 is 0.395 bits per heavy atom. The van der Waals surface area contributed by atoms with Gasteiger partial charge in [0, 0.05) is 45.4 Å². The first kappa shape index (κ1) is 24.8. The van der Waals surface area contributed by atoms with Crippen molar-refractivity contribution in [3.05, 3.63) is 146 Å². The Labute approximate surface area is 248 Å². The predicted octanol–water partition coefficient (Wildman–Crippen LogP) is 9.50. The molecule has 0 radical (unpaired) electrons. The van der Waals surface area contributed by atoms with Crippen LogP contribution in [-0.2, 0) is 0 Å². The summed E-state index contributed by atoms with van der Waals surface area (Å²) in [6, 6.07) is 45.0. The Morgan fingerprint density at radius 3 is 1.65 bits per heavy atom. The van der Waals surface area contributed by atoms with Gasteiger partial charge in [-0.2, -0.15) is 0 Å². The second-order valence-electron chi connectivity index (χ2n) is 10.4.